The van der Waals surface area contributed by atoms with E-state index in [2.05, 4.69) is 0 Å². The zero-order valence-corrected chi connectivity index (χ0v) is 8.00. The molecule has 1 aliphatic carbocycles. The summed E-state index contributed by atoms with van der Waals surface area (Å²) in [4.78, 5) is 10.6. The fraction of sp³-hybridized carbons (Fsp3) is 0.900. The van der Waals surface area contributed by atoms with Gasteiger partial charge in [0, 0.05) is 0 Å². The second-order valence-electron chi connectivity index (χ2n) is 4.08. The minimum atomic E-state index is -0.689. The molecule has 0 aliphatic heterocycles. The first-order chi connectivity index (χ1) is 6.15. The predicted molar refractivity (Wildman–Crippen MR) is 48.2 cm³/mol. The van der Waals surface area contributed by atoms with Crippen molar-refractivity contribution in [2.75, 3.05) is 6.67 Å². The van der Waals surface area contributed by atoms with Gasteiger partial charge in [0.15, 0.2) is 0 Å². The van der Waals surface area contributed by atoms with Crippen LogP contribution >= 0.6 is 0 Å². The number of aliphatic carboxylic acids is 1. The molecule has 0 aromatic rings. The Balaban J connectivity index is 2.34. The SMILES string of the molecule is C[C@H](CF)C1CCC(C(=O)O)CC1. The van der Waals surface area contributed by atoms with Crippen LogP contribution in [0, 0.1) is 17.8 Å². The first-order valence-electron chi connectivity index (χ1n) is 4.94. The number of carbonyl (C=O) groups is 1. The Morgan fingerprint density at radius 1 is 1.46 bits per heavy atom. The van der Waals surface area contributed by atoms with E-state index in [0.717, 1.165) is 25.7 Å². The van der Waals surface area contributed by atoms with Crippen LogP contribution in [-0.2, 0) is 4.79 Å². The summed E-state index contributed by atoms with van der Waals surface area (Å²) in [7, 11) is 0. The lowest BCUT2D eigenvalue weighted by molar-refractivity contribution is -0.143. The third-order valence-electron chi connectivity index (χ3n) is 3.17. The van der Waals surface area contributed by atoms with E-state index in [1.165, 1.54) is 0 Å². The molecule has 0 aromatic heterocycles. The second kappa shape index (κ2) is 4.58. The molecule has 0 heterocycles. The van der Waals surface area contributed by atoms with Gasteiger partial charge < -0.3 is 5.11 Å². The van der Waals surface area contributed by atoms with Crippen molar-refractivity contribution >= 4 is 5.97 Å². The van der Waals surface area contributed by atoms with Crippen molar-refractivity contribution in [3.8, 4) is 0 Å². The molecule has 76 valence electrons. The zero-order chi connectivity index (χ0) is 9.84. The summed E-state index contributed by atoms with van der Waals surface area (Å²) in [5.41, 5.74) is 0. The van der Waals surface area contributed by atoms with Crippen molar-refractivity contribution in [2.24, 2.45) is 17.8 Å². The molecule has 1 aliphatic rings. The zero-order valence-electron chi connectivity index (χ0n) is 8.00. The molecule has 0 aromatic carbocycles. The minimum absolute atomic E-state index is 0.106. The fourth-order valence-electron chi connectivity index (χ4n) is 2.06. The standard InChI is InChI=1S/C10H17FO2/c1-7(6-11)8-2-4-9(5-3-8)10(12)13/h7-9H,2-6H2,1H3,(H,12,13)/t7-,8?,9?/m1/s1. The fourth-order valence-corrected chi connectivity index (χ4v) is 2.06. The van der Waals surface area contributed by atoms with E-state index in [4.69, 9.17) is 5.11 Å². The van der Waals surface area contributed by atoms with Gasteiger partial charge >= 0.3 is 5.97 Å². The van der Waals surface area contributed by atoms with Gasteiger partial charge in [0.25, 0.3) is 0 Å². The van der Waals surface area contributed by atoms with Gasteiger partial charge in [0.2, 0.25) is 0 Å². The Bertz CT molecular complexity index is 174. The van der Waals surface area contributed by atoms with Gasteiger partial charge in [-0.05, 0) is 37.5 Å². The summed E-state index contributed by atoms with van der Waals surface area (Å²) in [6, 6.07) is 0. The van der Waals surface area contributed by atoms with Crippen molar-refractivity contribution in [2.45, 2.75) is 32.6 Å². The maximum atomic E-state index is 12.3. The number of carboxylic acids is 1. The first-order valence-corrected chi connectivity index (χ1v) is 4.94. The van der Waals surface area contributed by atoms with Gasteiger partial charge in [-0.3, -0.25) is 9.18 Å². The summed E-state index contributed by atoms with van der Waals surface area (Å²) >= 11 is 0. The maximum absolute atomic E-state index is 12.3. The Morgan fingerprint density at radius 3 is 2.38 bits per heavy atom. The summed E-state index contributed by atoms with van der Waals surface area (Å²) in [5, 5.41) is 8.75. The number of halogens is 1. The van der Waals surface area contributed by atoms with Crippen LogP contribution in [0.2, 0.25) is 0 Å². The van der Waals surface area contributed by atoms with E-state index < -0.39 is 5.97 Å². The Kier molecular flexibility index (Phi) is 3.70. The smallest absolute Gasteiger partial charge is 0.306 e. The van der Waals surface area contributed by atoms with Crippen molar-refractivity contribution in [3.05, 3.63) is 0 Å². The topological polar surface area (TPSA) is 37.3 Å². The lowest BCUT2D eigenvalue weighted by atomic mass is 9.77. The number of alkyl halides is 1. The predicted octanol–water partition coefficient (Wildman–Crippen LogP) is 2.48. The number of rotatable bonds is 3. The molecule has 1 N–H and O–H groups in total. The van der Waals surface area contributed by atoms with Crippen LogP contribution in [-0.4, -0.2) is 17.8 Å². The molecule has 0 spiro atoms. The third kappa shape index (κ3) is 2.68. The maximum Gasteiger partial charge on any atom is 0.306 e. The van der Waals surface area contributed by atoms with Crippen molar-refractivity contribution in [1.82, 2.24) is 0 Å². The molecule has 0 bridgehead atoms. The monoisotopic (exact) mass is 188 g/mol. The molecule has 13 heavy (non-hydrogen) atoms. The Morgan fingerprint density at radius 2 is 2.00 bits per heavy atom. The van der Waals surface area contributed by atoms with Crippen LogP contribution in [0.25, 0.3) is 0 Å². The molecule has 1 saturated carbocycles. The highest BCUT2D eigenvalue weighted by Crippen LogP contribution is 2.33. The second-order valence-corrected chi connectivity index (χ2v) is 4.08. The average molecular weight is 188 g/mol. The van der Waals surface area contributed by atoms with Gasteiger partial charge in [-0.25, -0.2) is 0 Å². The number of hydrogen-bond donors (Lipinski definition) is 1. The Hall–Kier alpha value is -0.600. The lowest BCUT2D eigenvalue weighted by Gasteiger charge is -2.29. The number of hydrogen-bond acceptors (Lipinski definition) is 1. The quantitative estimate of drug-likeness (QED) is 0.738. The number of carboxylic acid groups (broad SMARTS) is 1. The molecule has 1 rings (SSSR count). The molecule has 1 fully saturated rings. The summed E-state index contributed by atoms with van der Waals surface area (Å²) in [6.07, 6.45) is 3.21. The highest BCUT2D eigenvalue weighted by Gasteiger charge is 2.28. The Labute approximate surface area is 78.1 Å². The molecule has 1 atom stereocenters. The molecule has 3 heteroatoms. The first kappa shape index (κ1) is 10.5. The normalized spacial score (nSPS) is 31.2. The van der Waals surface area contributed by atoms with E-state index in [-0.39, 0.29) is 18.5 Å². The molecule has 2 nitrogen and oxygen atoms in total. The van der Waals surface area contributed by atoms with Gasteiger partial charge in [-0.2, -0.15) is 0 Å². The van der Waals surface area contributed by atoms with E-state index in [9.17, 15) is 9.18 Å². The van der Waals surface area contributed by atoms with E-state index in [1.54, 1.807) is 0 Å². The molecule has 0 radical (unpaired) electrons. The van der Waals surface area contributed by atoms with Crippen LogP contribution in [0.15, 0.2) is 0 Å². The van der Waals surface area contributed by atoms with Crippen LogP contribution in [0.1, 0.15) is 32.6 Å². The minimum Gasteiger partial charge on any atom is -0.481 e. The molecule has 0 unspecified atom stereocenters. The van der Waals surface area contributed by atoms with Crippen molar-refractivity contribution in [3.63, 3.8) is 0 Å². The molecular formula is C10H17FO2. The van der Waals surface area contributed by atoms with Gasteiger partial charge in [-0.1, -0.05) is 6.92 Å². The van der Waals surface area contributed by atoms with Crippen LogP contribution in [0.3, 0.4) is 0 Å². The third-order valence-corrected chi connectivity index (χ3v) is 3.17. The van der Waals surface area contributed by atoms with E-state index in [0.29, 0.717) is 5.92 Å². The largest absolute Gasteiger partial charge is 0.481 e. The highest BCUT2D eigenvalue weighted by atomic mass is 19.1. The van der Waals surface area contributed by atoms with Crippen LogP contribution < -0.4 is 0 Å². The average Bonchev–Trinajstić information content (AvgIpc) is 2.17. The van der Waals surface area contributed by atoms with Gasteiger partial charge in [-0.15, -0.1) is 0 Å². The van der Waals surface area contributed by atoms with Crippen LogP contribution in [0.4, 0.5) is 4.39 Å². The van der Waals surface area contributed by atoms with Crippen molar-refractivity contribution in [1.29, 1.82) is 0 Å². The van der Waals surface area contributed by atoms with Crippen molar-refractivity contribution < 1.29 is 14.3 Å². The van der Waals surface area contributed by atoms with Gasteiger partial charge in [0.1, 0.15) is 0 Å². The summed E-state index contributed by atoms with van der Waals surface area (Å²) in [6.45, 7) is 1.63. The lowest BCUT2D eigenvalue weighted by Crippen LogP contribution is -2.25. The molecule has 0 amide bonds. The summed E-state index contributed by atoms with van der Waals surface area (Å²) in [5.74, 6) is -0.357. The summed E-state index contributed by atoms with van der Waals surface area (Å²) < 4.78 is 12.3. The van der Waals surface area contributed by atoms with E-state index in [1.807, 2.05) is 6.92 Å². The van der Waals surface area contributed by atoms with E-state index >= 15 is 0 Å². The molecular weight excluding hydrogens is 171 g/mol. The van der Waals surface area contributed by atoms with Gasteiger partial charge in [0.05, 0.1) is 12.6 Å². The highest BCUT2D eigenvalue weighted by molar-refractivity contribution is 5.69. The molecule has 0 saturated heterocycles. The van der Waals surface area contributed by atoms with Crippen LogP contribution in [0.5, 0.6) is 0 Å².